The second-order valence-electron chi connectivity index (χ2n) is 10.2. The minimum Gasteiger partial charge on any atom is -0.481 e. The van der Waals surface area contributed by atoms with Crippen LogP contribution in [0.15, 0.2) is 23.8 Å². The van der Waals surface area contributed by atoms with Crippen LogP contribution >= 0.6 is 0 Å². The molecule has 0 aliphatic heterocycles. The van der Waals surface area contributed by atoms with Crippen molar-refractivity contribution in [2.24, 2.45) is 28.6 Å². The van der Waals surface area contributed by atoms with Gasteiger partial charge in [0.05, 0.1) is 18.6 Å². The molecule has 8 nitrogen and oxygen atoms in total. The minimum absolute atomic E-state index is 0.0164. The predicted molar refractivity (Wildman–Crippen MR) is 108 cm³/mol. The van der Waals surface area contributed by atoms with Gasteiger partial charge >= 0.3 is 5.97 Å². The lowest BCUT2D eigenvalue weighted by molar-refractivity contribution is -0.195. The summed E-state index contributed by atoms with van der Waals surface area (Å²) in [4.78, 5) is 35.9. The highest BCUT2D eigenvalue weighted by atomic mass is 16.4. The van der Waals surface area contributed by atoms with Crippen LogP contribution in [0.2, 0.25) is 0 Å². The van der Waals surface area contributed by atoms with Crippen LogP contribution in [0.4, 0.5) is 0 Å². The van der Waals surface area contributed by atoms with Crippen molar-refractivity contribution in [3.8, 4) is 0 Å². The molecule has 4 aliphatic rings. The average molecular weight is 434 g/mol. The number of rotatable bonds is 4. The number of ketones is 2. The van der Waals surface area contributed by atoms with Crippen molar-refractivity contribution in [3.63, 3.8) is 0 Å². The van der Waals surface area contributed by atoms with E-state index >= 15 is 0 Å². The van der Waals surface area contributed by atoms with Gasteiger partial charge in [0.25, 0.3) is 0 Å². The zero-order valence-corrected chi connectivity index (χ0v) is 17.7. The molecule has 0 aromatic rings. The molecule has 0 amide bonds. The molecule has 0 aromatic carbocycles. The Morgan fingerprint density at radius 3 is 2.58 bits per heavy atom. The van der Waals surface area contributed by atoms with Gasteiger partial charge in [0.15, 0.2) is 17.2 Å². The van der Waals surface area contributed by atoms with E-state index in [0.717, 1.165) is 5.57 Å². The standard InChI is InChI=1S/C23H30O8/c1-21-6-5-12(24)7-11(21)3-4-13-14-8-17(27)23(31,20(30)15(25)9-18(28)29)22(14,2)10-16(26)19(13)21/h5-7,13-17,19,25-27,31H,3-4,8-10H2,1-2H3,(H,28,29)/t13-,14-,15?,16?,17?,19+,21-,22-,23-/m0/s1. The van der Waals surface area contributed by atoms with Crippen LogP contribution in [-0.2, 0) is 14.4 Å². The molecule has 4 aliphatic carbocycles. The largest absolute Gasteiger partial charge is 0.481 e. The lowest BCUT2D eigenvalue weighted by atomic mass is 9.46. The summed E-state index contributed by atoms with van der Waals surface area (Å²) in [5.41, 5.74) is -3.15. The van der Waals surface area contributed by atoms with Gasteiger partial charge in [-0.05, 0) is 49.7 Å². The van der Waals surface area contributed by atoms with Gasteiger partial charge in [-0.3, -0.25) is 14.4 Å². The van der Waals surface area contributed by atoms with Crippen LogP contribution < -0.4 is 0 Å². The van der Waals surface area contributed by atoms with Crippen LogP contribution in [0.25, 0.3) is 0 Å². The number of aliphatic carboxylic acids is 1. The van der Waals surface area contributed by atoms with E-state index in [1.807, 2.05) is 13.0 Å². The molecule has 0 spiro atoms. The molecule has 3 saturated carbocycles. The van der Waals surface area contributed by atoms with Crippen LogP contribution in [0, 0.1) is 28.6 Å². The molecule has 31 heavy (non-hydrogen) atoms. The van der Waals surface area contributed by atoms with Crippen molar-refractivity contribution in [2.75, 3.05) is 0 Å². The molecule has 0 bridgehead atoms. The molecule has 3 fully saturated rings. The molecule has 170 valence electrons. The summed E-state index contributed by atoms with van der Waals surface area (Å²) >= 11 is 0. The molecular formula is C23H30O8. The van der Waals surface area contributed by atoms with Crippen molar-refractivity contribution in [2.45, 2.75) is 69.9 Å². The van der Waals surface area contributed by atoms with Crippen molar-refractivity contribution in [1.82, 2.24) is 0 Å². The lowest BCUT2D eigenvalue weighted by Crippen LogP contribution is -2.65. The summed E-state index contributed by atoms with van der Waals surface area (Å²) in [6.07, 6.45) is 1.18. The van der Waals surface area contributed by atoms with E-state index in [2.05, 4.69) is 0 Å². The highest BCUT2D eigenvalue weighted by molar-refractivity contribution is 6.01. The van der Waals surface area contributed by atoms with E-state index in [9.17, 15) is 34.8 Å². The Hall–Kier alpha value is -1.87. The van der Waals surface area contributed by atoms with Crippen LogP contribution in [0.5, 0.6) is 0 Å². The molecule has 9 atom stereocenters. The third kappa shape index (κ3) is 2.92. The zero-order valence-electron chi connectivity index (χ0n) is 17.7. The van der Waals surface area contributed by atoms with Gasteiger partial charge in [-0.25, -0.2) is 0 Å². The normalized spacial score (nSPS) is 47.1. The molecule has 0 saturated heterocycles. The summed E-state index contributed by atoms with van der Waals surface area (Å²) < 4.78 is 0. The van der Waals surface area contributed by atoms with Crippen molar-refractivity contribution < 1.29 is 39.9 Å². The molecule has 0 aromatic heterocycles. The number of carboxylic acid groups (broad SMARTS) is 1. The lowest BCUT2D eigenvalue weighted by Gasteiger charge is -2.59. The first-order chi connectivity index (χ1) is 14.4. The fourth-order valence-electron chi connectivity index (χ4n) is 7.30. The average Bonchev–Trinajstić information content (AvgIpc) is 2.88. The molecule has 0 radical (unpaired) electrons. The van der Waals surface area contributed by atoms with Gasteiger partial charge in [-0.2, -0.15) is 0 Å². The maximum Gasteiger partial charge on any atom is 0.306 e. The molecule has 8 heteroatoms. The number of allylic oxidation sites excluding steroid dienone is 4. The fourth-order valence-corrected chi connectivity index (χ4v) is 7.30. The Kier molecular flexibility index (Phi) is 5.09. The van der Waals surface area contributed by atoms with Gasteiger partial charge in [0.2, 0.25) is 0 Å². The van der Waals surface area contributed by atoms with E-state index in [0.29, 0.717) is 12.8 Å². The highest BCUT2D eigenvalue weighted by Crippen LogP contribution is 2.67. The first-order valence-corrected chi connectivity index (χ1v) is 10.8. The summed E-state index contributed by atoms with van der Waals surface area (Å²) in [6.45, 7) is 3.64. The quantitative estimate of drug-likeness (QED) is 0.426. The van der Waals surface area contributed by atoms with Gasteiger partial charge in [0.1, 0.15) is 6.10 Å². The summed E-state index contributed by atoms with van der Waals surface area (Å²) in [7, 11) is 0. The number of aliphatic hydroxyl groups is 4. The maximum atomic E-state index is 13.0. The summed E-state index contributed by atoms with van der Waals surface area (Å²) in [5.74, 6) is -3.26. The maximum absolute atomic E-state index is 13.0. The Morgan fingerprint density at radius 2 is 1.94 bits per heavy atom. The Bertz CT molecular complexity index is 892. The Labute approximate surface area is 180 Å². The molecular weight excluding hydrogens is 404 g/mol. The fraction of sp³-hybridized carbons (Fsp3) is 0.696. The number of fused-ring (bicyclic) bond motifs is 5. The third-order valence-electron chi connectivity index (χ3n) is 8.76. The van der Waals surface area contributed by atoms with Crippen molar-refractivity contribution in [3.05, 3.63) is 23.8 Å². The summed E-state index contributed by atoms with van der Waals surface area (Å²) in [6, 6.07) is 0. The van der Waals surface area contributed by atoms with Gasteiger partial charge < -0.3 is 25.5 Å². The molecule has 0 heterocycles. The predicted octanol–water partition coefficient (Wildman–Crippen LogP) is 0.372. The van der Waals surface area contributed by atoms with Gasteiger partial charge in [-0.15, -0.1) is 0 Å². The first-order valence-electron chi connectivity index (χ1n) is 10.8. The van der Waals surface area contributed by atoms with Crippen LogP contribution in [-0.4, -0.2) is 67.0 Å². The molecule has 5 N–H and O–H groups in total. The van der Waals surface area contributed by atoms with E-state index in [1.165, 1.54) is 6.08 Å². The SMILES string of the molecule is C[C@]12C=CC(=O)C=C1CC[C@@H]1[C@@H]2C(O)C[C@@]2(C)[C@H]1CC(O)[C@]2(O)C(=O)C(O)CC(=O)O. The van der Waals surface area contributed by atoms with Crippen LogP contribution in [0.1, 0.15) is 46.0 Å². The van der Waals surface area contributed by atoms with E-state index in [4.69, 9.17) is 5.11 Å². The summed E-state index contributed by atoms with van der Waals surface area (Å²) in [5, 5.41) is 52.6. The number of Topliss-reactive ketones (excluding diaryl/α,β-unsaturated/α-hetero) is 1. The number of hydrogen-bond acceptors (Lipinski definition) is 7. The number of carbonyl (C=O) groups is 3. The first kappa shape index (κ1) is 22.3. The Balaban J connectivity index is 1.72. The number of aliphatic hydroxyl groups excluding tert-OH is 3. The number of hydrogen-bond donors (Lipinski definition) is 5. The van der Waals surface area contributed by atoms with E-state index < -0.39 is 52.9 Å². The van der Waals surface area contributed by atoms with E-state index in [-0.39, 0.29) is 36.4 Å². The topological polar surface area (TPSA) is 152 Å². The minimum atomic E-state index is -2.35. The third-order valence-corrected chi connectivity index (χ3v) is 8.76. The van der Waals surface area contributed by atoms with Gasteiger partial charge in [-0.1, -0.05) is 25.5 Å². The molecule has 4 rings (SSSR count). The second-order valence-corrected chi connectivity index (χ2v) is 10.2. The number of carbonyl (C=O) groups excluding carboxylic acids is 2. The smallest absolute Gasteiger partial charge is 0.306 e. The monoisotopic (exact) mass is 434 g/mol. The zero-order chi connectivity index (χ0) is 22.9. The highest BCUT2D eigenvalue weighted by Gasteiger charge is 2.72. The van der Waals surface area contributed by atoms with Crippen LogP contribution in [0.3, 0.4) is 0 Å². The van der Waals surface area contributed by atoms with Crippen molar-refractivity contribution >= 4 is 17.5 Å². The molecule has 3 unspecified atom stereocenters. The van der Waals surface area contributed by atoms with E-state index in [1.54, 1.807) is 13.0 Å². The number of carboxylic acids is 1. The Morgan fingerprint density at radius 1 is 1.26 bits per heavy atom. The van der Waals surface area contributed by atoms with Gasteiger partial charge in [0, 0.05) is 16.7 Å². The van der Waals surface area contributed by atoms with Crippen molar-refractivity contribution in [1.29, 1.82) is 0 Å². The second kappa shape index (κ2) is 7.07.